The molecule has 1 aromatic rings. The third kappa shape index (κ3) is 1.20. The van der Waals surface area contributed by atoms with Crippen molar-refractivity contribution in [3.63, 3.8) is 0 Å². The number of alkyl halides is 1. The molecule has 0 aromatic carbocycles. The summed E-state index contributed by atoms with van der Waals surface area (Å²) in [6.45, 7) is 0. The molecule has 0 bridgehead atoms. The summed E-state index contributed by atoms with van der Waals surface area (Å²) in [5.74, 6) is 0.606. The van der Waals surface area contributed by atoms with Gasteiger partial charge in [0.15, 0.2) is 5.50 Å². The lowest BCUT2D eigenvalue weighted by atomic mass is 10.7. The maximum atomic E-state index is 12.7. The predicted octanol–water partition coefficient (Wildman–Crippen LogP) is 3.24. The highest BCUT2D eigenvalue weighted by molar-refractivity contribution is 8.06. The molecule has 0 saturated heterocycles. The van der Waals surface area contributed by atoms with Gasteiger partial charge in [-0.2, -0.15) is 11.3 Å². The molecule has 54 valence electrons. The first-order valence-electron chi connectivity index (χ1n) is 2.86. The fraction of sp³-hybridized carbons (Fsp3) is 0.333. The number of thioether (sulfide) groups is 2. The van der Waals surface area contributed by atoms with Gasteiger partial charge in [0, 0.05) is 26.3 Å². The lowest BCUT2D eigenvalue weighted by molar-refractivity contribution is 0.487. The molecule has 0 nitrogen and oxygen atoms in total. The molecule has 0 amide bonds. The molecule has 1 aliphatic heterocycles. The van der Waals surface area contributed by atoms with E-state index in [0.717, 1.165) is 4.90 Å². The molecule has 2 rings (SSSR count). The van der Waals surface area contributed by atoms with Crippen LogP contribution in [-0.4, -0.2) is 11.3 Å². The zero-order valence-electron chi connectivity index (χ0n) is 5.04. The lowest BCUT2D eigenvalue weighted by Gasteiger charge is -2.13. The third-order valence-corrected chi connectivity index (χ3v) is 4.72. The highest BCUT2D eigenvalue weighted by Crippen LogP contribution is 2.42. The fourth-order valence-corrected chi connectivity index (χ4v) is 4.10. The molecule has 2 heterocycles. The zero-order valence-corrected chi connectivity index (χ0v) is 7.49. The van der Waals surface area contributed by atoms with E-state index in [2.05, 4.69) is 5.38 Å². The number of fused-ring (bicyclic) bond motifs is 1. The largest absolute Gasteiger partial charge is 0.234 e. The summed E-state index contributed by atoms with van der Waals surface area (Å²) in [5.41, 5.74) is -0.702. The van der Waals surface area contributed by atoms with Gasteiger partial charge in [0.1, 0.15) is 0 Å². The lowest BCUT2D eigenvalue weighted by Crippen LogP contribution is -2.01. The maximum Gasteiger partial charge on any atom is 0.159 e. The number of halogens is 1. The van der Waals surface area contributed by atoms with E-state index >= 15 is 0 Å². The molecular formula is C6H5FS3. The second-order valence-electron chi connectivity index (χ2n) is 1.94. The Morgan fingerprint density at radius 1 is 1.40 bits per heavy atom. The van der Waals surface area contributed by atoms with Gasteiger partial charge in [0.25, 0.3) is 0 Å². The highest BCUT2D eigenvalue weighted by atomic mass is 32.2. The molecule has 0 spiro atoms. The van der Waals surface area contributed by atoms with Crippen LogP contribution in [0.1, 0.15) is 0 Å². The van der Waals surface area contributed by atoms with E-state index in [0.29, 0.717) is 5.75 Å². The quantitative estimate of drug-likeness (QED) is 0.619. The first kappa shape index (κ1) is 7.00. The summed E-state index contributed by atoms with van der Waals surface area (Å²) in [6.07, 6.45) is 0. The Labute approximate surface area is 71.2 Å². The van der Waals surface area contributed by atoms with Gasteiger partial charge in [-0.15, -0.1) is 11.8 Å². The smallest absolute Gasteiger partial charge is 0.159 e. The van der Waals surface area contributed by atoms with Crippen molar-refractivity contribution in [2.45, 2.75) is 15.3 Å². The minimum atomic E-state index is -0.702. The molecule has 1 aliphatic rings. The SMILES string of the molecule is FC1CSc2cscc2S1. The Kier molecular flexibility index (Phi) is 1.93. The van der Waals surface area contributed by atoms with Gasteiger partial charge in [0.05, 0.1) is 0 Å². The zero-order chi connectivity index (χ0) is 6.97. The molecule has 10 heavy (non-hydrogen) atoms. The van der Waals surface area contributed by atoms with Gasteiger partial charge in [0.2, 0.25) is 0 Å². The number of hydrogen-bond acceptors (Lipinski definition) is 3. The Morgan fingerprint density at radius 2 is 2.20 bits per heavy atom. The van der Waals surface area contributed by atoms with Crippen molar-refractivity contribution in [3.05, 3.63) is 10.8 Å². The standard InChI is InChI=1S/C6H5FS3/c7-6-3-9-4-1-8-2-5(4)10-6/h1-2,6H,3H2. The molecule has 0 aliphatic carbocycles. The minimum Gasteiger partial charge on any atom is -0.234 e. The van der Waals surface area contributed by atoms with Crippen LogP contribution in [0.25, 0.3) is 0 Å². The molecule has 1 atom stereocenters. The predicted molar refractivity (Wildman–Crippen MR) is 45.8 cm³/mol. The van der Waals surface area contributed by atoms with E-state index in [-0.39, 0.29) is 0 Å². The van der Waals surface area contributed by atoms with Gasteiger partial charge in [-0.05, 0) is 0 Å². The van der Waals surface area contributed by atoms with Crippen molar-refractivity contribution in [3.8, 4) is 0 Å². The van der Waals surface area contributed by atoms with Gasteiger partial charge < -0.3 is 0 Å². The Hall–Kier alpha value is 0.330. The van der Waals surface area contributed by atoms with Crippen molar-refractivity contribution >= 4 is 34.9 Å². The summed E-state index contributed by atoms with van der Waals surface area (Å²) in [4.78, 5) is 2.37. The van der Waals surface area contributed by atoms with Crippen molar-refractivity contribution in [2.75, 3.05) is 5.75 Å². The van der Waals surface area contributed by atoms with E-state index < -0.39 is 5.50 Å². The number of hydrogen-bond donors (Lipinski definition) is 0. The monoisotopic (exact) mass is 192 g/mol. The maximum absolute atomic E-state index is 12.7. The van der Waals surface area contributed by atoms with Crippen LogP contribution in [0, 0.1) is 0 Å². The molecule has 0 saturated carbocycles. The summed E-state index contributed by atoms with van der Waals surface area (Å²) >= 11 is 4.61. The Bertz CT molecular complexity index is 233. The Balaban J connectivity index is 2.30. The normalized spacial score (nSPS) is 24.3. The van der Waals surface area contributed by atoms with Crippen molar-refractivity contribution < 1.29 is 4.39 Å². The van der Waals surface area contributed by atoms with Crippen molar-refractivity contribution in [1.82, 2.24) is 0 Å². The molecule has 1 unspecified atom stereocenters. The number of rotatable bonds is 0. The van der Waals surface area contributed by atoms with E-state index in [4.69, 9.17) is 0 Å². The van der Waals surface area contributed by atoms with Crippen LogP contribution in [0.15, 0.2) is 20.6 Å². The molecule has 0 fully saturated rings. The summed E-state index contributed by atoms with van der Waals surface area (Å²) in [5, 5.41) is 4.09. The Morgan fingerprint density at radius 3 is 3.10 bits per heavy atom. The van der Waals surface area contributed by atoms with Crippen LogP contribution in [0.5, 0.6) is 0 Å². The van der Waals surface area contributed by atoms with Gasteiger partial charge in [-0.3, -0.25) is 0 Å². The first-order valence-corrected chi connectivity index (χ1v) is 5.67. The van der Waals surface area contributed by atoms with Gasteiger partial charge >= 0.3 is 0 Å². The highest BCUT2D eigenvalue weighted by Gasteiger charge is 2.19. The average Bonchev–Trinajstić information content (AvgIpc) is 2.33. The van der Waals surface area contributed by atoms with Crippen LogP contribution >= 0.6 is 34.9 Å². The van der Waals surface area contributed by atoms with Gasteiger partial charge in [-0.1, -0.05) is 11.8 Å². The molecule has 0 radical (unpaired) electrons. The number of thiophene rings is 1. The van der Waals surface area contributed by atoms with Crippen LogP contribution in [-0.2, 0) is 0 Å². The molecule has 4 heteroatoms. The summed E-state index contributed by atoms with van der Waals surface area (Å²) in [6, 6.07) is 0. The topological polar surface area (TPSA) is 0 Å². The van der Waals surface area contributed by atoms with Crippen molar-refractivity contribution in [2.24, 2.45) is 0 Å². The van der Waals surface area contributed by atoms with Crippen LogP contribution in [0.2, 0.25) is 0 Å². The van der Waals surface area contributed by atoms with E-state index in [9.17, 15) is 4.39 Å². The van der Waals surface area contributed by atoms with Crippen molar-refractivity contribution in [1.29, 1.82) is 0 Å². The summed E-state index contributed by atoms with van der Waals surface area (Å²) < 4.78 is 12.7. The summed E-state index contributed by atoms with van der Waals surface area (Å²) in [7, 11) is 0. The second-order valence-corrected chi connectivity index (χ2v) is 4.93. The molecular weight excluding hydrogens is 187 g/mol. The van der Waals surface area contributed by atoms with E-state index in [1.165, 1.54) is 16.7 Å². The third-order valence-electron chi connectivity index (χ3n) is 1.22. The molecule has 0 N–H and O–H groups in total. The second kappa shape index (κ2) is 2.75. The first-order chi connectivity index (χ1) is 4.86. The molecule has 1 aromatic heterocycles. The minimum absolute atomic E-state index is 0.606. The average molecular weight is 192 g/mol. The van der Waals surface area contributed by atoms with Gasteiger partial charge in [-0.25, -0.2) is 4.39 Å². The van der Waals surface area contributed by atoms with E-state index in [1.807, 2.05) is 5.38 Å². The van der Waals surface area contributed by atoms with Crippen LogP contribution in [0.4, 0.5) is 4.39 Å². The fourth-order valence-electron chi connectivity index (χ4n) is 0.792. The van der Waals surface area contributed by atoms with Crippen LogP contribution in [0.3, 0.4) is 0 Å². The van der Waals surface area contributed by atoms with Crippen LogP contribution < -0.4 is 0 Å². The van der Waals surface area contributed by atoms with E-state index in [1.54, 1.807) is 23.1 Å².